The van der Waals surface area contributed by atoms with Crippen molar-refractivity contribution in [3.05, 3.63) is 34.2 Å². The maximum Gasteiger partial charge on any atom is 0.329 e. The number of carbonyl (C=O) groups is 2. The second-order valence-electron chi connectivity index (χ2n) is 7.17. The monoisotopic (exact) mass is 423 g/mol. The van der Waals surface area contributed by atoms with E-state index in [-0.39, 0.29) is 24.6 Å². The van der Waals surface area contributed by atoms with Crippen LogP contribution in [0, 0.1) is 24.2 Å². The number of hydrogen-bond acceptors (Lipinski definition) is 5. The van der Waals surface area contributed by atoms with Gasteiger partial charge in [0.25, 0.3) is 0 Å². The Kier molecular flexibility index (Phi) is 7.66. The Morgan fingerprint density at radius 2 is 1.90 bits per heavy atom. The lowest BCUT2D eigenvalue weighted by atomic mass is 10.1. The molecule has 1 N–H and O–H groups in total. The van der Waals surface area contributed by atoms with Gasteiger partial charge in [0, 0.05) is 26.7 Å². The lowest BCUT2D eigenvalue weighted by molar-refractivity contribution is -0.135. The van der Waals surface area contributed by atoms with Crippen molar-refractivity contribution in [3.8, 4) is 24.2 Å². The number of rotatable bonds is 8. The van der Waals surface area contributed by atoms with Crippen LogP contribution in [0.4, 0.5) is 0 Å². The van der Waals surface area contributed by atoms with E-state index < -0.39 is 11.9 Å². The van der Waals surface area contributed by atoms with Crippen LogP contribution < -0.4 is 11.0 Å². The van der Waals surface area contributed by atoms with E-state index in [9.17, 15) is 14.4 Å². The molecule has 1 aromatic heterocycles. The van der Waals surface area contributed by atoms with Gasteiger partial charge in [0.1, 0.15) is 19.3 Å². The molecule has 2 aromatic rings. The number of amides is 2. The summed E-state index contributed by atoms with van der Waals surface area (Å²) in [4.78, 5) is 36.6. The molecule has 3 rings (SSSR count). The predicted molar refractivity (Wildman–Crippen MR) is 115 cm³/mol. The van der Waals surface area contributed by atoms with Gasteiger partial charge in [0.05, 0.1) is 16.6 Å². The van der Waals surface area contributed by atoms with Crippen LogP contribution >= 0.6 is 0 Å². The molecule has 1 aromatic carbocycles. The first-order valence-corrected chi connectivity index (χ1v) is 10.2. The number of nitrogens with one attached hydrogen (secondary N) is 1. The number of piperidine rings is 1. The molecule has 1 atom stereocenters. The fraction of sp³-hybridized carbons (Fsp3) is 0.435. The SMILES string of the molecule is C#CCOCCCCOCC#Cc1cccc2c1n(C)c(=O)n2C1CCC(=O)NC1=O. The van der Waals surface area contributed by atoms with Gasteiger partial charge in [0.2, 0.25) is 11.8 Å². The Balaban J connectivity index is 1.69. The zero-order chi connectivity index (χ0) is 22.2. The molecule has 0 radical (unpaired) electrons. The number of fused-ring (bicyclic) bond motifs is 1. The molecule has 0 saturated carbocycles. The zero-order valence-corrected chi connectivity index (χ0v) is 17.5. The van der Waals surface area contributed by atoms with Crippen LogP contribution in [0.5, 0.6) is 0 Å². The van der Waals surface area contributed by atoms with E-state index in [4.69, 9.17) is 15.9 Å². The molecular weight excluding hydrogens is 398 g/mol. The van der Waals surface area contributed by atoms with Gasteiger partial charge in [-0.25, -0.2) is 4.79 Å². The highest BCUT2D eigenvalue weighted by molar-refractivity contribution is 6.00. The number of carbonyl (C=O) groups excluding carboxylic acids is 2. The topological polar surface area (TPSA) is 91.6 Å². The molecule has 1 aliphatic rings. The highest BCUT2D eigenvalue weighted by Gasteiger charge is 2.31. The van der Waals surface area contributed by atoms with Crippen LogP contribution in [0.2, 0.25) is 0 Å². The quantitative estimate of drug-likeness (QED) is 0.390. The van der Waals surface area contributed by atoms with Gasteiger partial charge in [0.15, 0.2) is 0 Å². The molecular formula is C23H25N3O5. The predicted octanol–water partition coefficient (Wildman–Crippen LogP) is 1.12. The first-order chi connectivity index (χ1) is 15.0. The second kappa shape index (κ2) is 10.6. The third-order valence-corrected chi connectivity index (χ3v) is 5.03. The Morgan fingerprint density at radius 3 is 2.61 bits per heavy atom. The molecule has 2 amide bonds. The molecule has 0 bridgehead atoms. The molecule has 162 valence electrons. The summed E-state index contributed by atoms with van der Waals surface area (Å²) < 4.78 is 13.7. The summed E-state index contributed by atoms with van der Waals surface area (Å²) in [5.74, 6) is 7.68. The Hall–Kier alpha value is -3.33. The van der Waals surface area contributed by atoms with Crippen molar-refractivity contribution in [2.24, 2.45) is 7.05 Å². The molecule has 8 heteroatoms. The normalized spacial score (nSPS) is 15.9. The average Bonchev–Trinajstić information content (AvgIpc) is 3.01. The van der Waals surface area contributed by atoms with Crippen molar-refractivity contribution < 1.29 is 19.1 Å². The maximum atomic E-state index is 12.9. The van der Waals surface area contributed by atoms with Gasteiger partial charge >= 0.3 is 5.69 Å². The minimum absolute atomic E-state index is 0.200. The third-order valence-electron chi connectivity index (χ3n) is 5.03. The number of hydrogen-bond donors (Lipinski definition) is 1. The average molecular weight is 423 g/mol. The number of benzene rings is 1. The summed E-state index contributed by atoms with van der Waals surface area (Å²) in [6.45, 7) is 1.77. The minimum Gasteiger partial charge on any atom is -0.369 e. The van der Waals surface area contributed by atoms with Crippen molar-refractivity contribution in [2.45, 2.75) is 31.7 Å². The van der Waals surface area contributed by atoms with Crippen molar-refractivity contribution in [1.29, 1.82) is 0 Å². The summed E-state index contributed by atoms with van der Waals surface area (Å²) in [5.41, 5.74) is 1.62. The van der Waals surface area contributed by atoms with Crippen LogP contribution in [0.1, 0.15) is 37.3 Å². The Bertz CT molecular complexity index is 1130. The maximum absolute atomic E-state index is 12.9. The van der Waals surface area contributed by atoms with Gasteiger partial charge in [-0.15, -0.1) is 6.42 Å². The second-order valence-corrected chi connectivity index (χ2v) is 7.17. The van der Waals surface area contributed by atoms with Crippen molar-refractivity contribution in [2.75, 3.05) is 26.4 Å². The van der Waals surface area contributed by atoms with Crippen molar-refractivity contribution in [1.82, 2.24) is 14.5 Å². The van der Waals surface area contributed by atoms with Crippen LogP contribution in [0.3, 0.4) is 0 Å². The summed E-state index contributed by atoms with van der Waals surface area (Å²) in [5, 5.41) is 2.31. The number of ether oxygens (including phenoxy) is 2. The largest absolute Gasteiger partial charge is 0.369 e. The highest BCUT2D eigenvalue weighted by Crippen LogP contribution is 2.24. The molecule has 31 heavy (non-hydrogen) atoms. The summed E-state index contributed by atoms with van der Waals surface area (Å²) in [6, 6.07) is 4.69. The van der Waals surface area contributed by atoms with Gasteiger partial charge in [-0.05, 0) is 31.4 Å². The smallest absolute Gasteiger partial charge is 0.329 e. The summed E-state index contributed by atoms with van der Waals surface area (Å²) >= 11 is 0. The van der Waals surface area contributed by atoms with E-state index in [1.54, 1.807) is 19.2 Å². The summed E-state index contributed by atoms with van der Waals surface area (Å²) in [7, 11) is 1.65. The van der Waals surface area contributed by atoms with E-state index in [1.807, 2.05) is 6.07 Å². The minimum atomic E-state index is -0.718. The number of nitrogens with zero attached hydrogens (tertiary/aromatic N) is 2. The molecule has 1 saturated heterocycles. The molecule has 0 spiro atoms. The molecule has 0 aliphatic carbocycles. The molecule has 1 unspecified atom stereocenters. The number of imide groups is 1. The van der Waals surface area contributed by atoms with Gasteiger partial charge in [-0.1, -0.05) is 23.8 Å². The molecule has 1 aliphatic heterocycles. The first kappa shape index (κ1) is 22.4. The number of imidazole rings is 1. The van der Waals surface area contributed by atoms with Crippen molar-refractivity contribution in [3.63, 3.8) is 0 Å². The Morgan fingerprint density at radius 1 is 1.16 bits per heavy atom. The van der Waals surface area contributed by atoms with Gasteiger partial charge in [-0.3, -0.25) is 24.0 Å². The van der Waals surface area contributed by atoms with E-state index in [0.717, 1.165) is 12.8 Å². The highest BCUT2D eigenvalue weighted by atomic mass is 16.5. The number of aromatic nitrogens is 2. The lowest BCUT2D eigenvalue weighted by Gasteiger charge is -2.21. The van der Waals surface area contributed by atoms with Crippen LogP contribution in [-0.2, 0) is 26.1 Å². The zero-order valence-electron chi connectivity index (χ0n) is 17.5. The van der Waals surface area contributed by atoms with Crippen LogP contribution in [0.25, 0.3) is 11.0 Å². The van der Waals surface area contributed by atoms with Crippen LogP contribution in [-0.4, -0.2) is 47.4 Å². The standard InChI is InChI=1S/C23H25N3O5/c1-3-13-30-14-4-5-15-31-16-7-9-17-8-6-10-18-21(17)25(2)23(29)26(18)19-11-12-20(27)24-22(19)28/h1,6,8,10,19H,4-5,11-16H2,2H3,(H,24,27,28). The van der Waals surface area contributed by atoms with E-state index in [1.165, 1.54) is 9.13 Å². The van der Waals surface area contributed by atoms with Gasteiger partial charge < -0.3 is 9.47 Å². The number of aryl methyl sites for hydroxylation is 1. The molecule has 2 heterocycles. The molecule has 1 fully saturated rings. The van der Waals surface area contributed by atoms with E-state index >= 15 is 0 Å². The van der Waals surface area contributed by atoms with Crippen LogP contribution in [0.15, 0.2) is 23.0 Å². The van der Waals surface area contributed by atoms with E-state index in [0.29, 0.717) is 42.8 Å². The Labute approximate surface area is 180 Å². The third kappa shape index (κ3) is 5.24. The number of para-hydroxylation sites is 1. The van der Waals surface area contributed by atoms with E-state index in [2.05, 4.69) is 23.1 Å². The fourth-order valence-corrected chi connectivity index (χ4v) is 3.56. The van der Waals surface area contributed by atoms with Crippen molar-refractivity contribution >= 4 is 22.8 Å². The summed E-state index contributed by atoms with van der Waals surface area (Å²) in [6.07, 6.45) is 7.32. The molecule has 8 nitrogen and oxygen atoms in total. The first-order valence-electron chi connectivity index (χ1n) is 10.2. The van der Waals surface area contributed by atoms with Gasteiger partial charge in [-0.2, -0.15) is 0 Å². The number of terminal acetylenes is 1. The fourth-order valence-electron chi connectivity index (χ4n) is 3.56. The number of unbranched alkanes of at least 4 members (excludes halogenated alkanes) is 1. The lowest BCUT2D eigenvalue weighted by Crippen LogP contribution is -2.44.